The molecule has 0 radical (unpaired) electrons. The van der Waals surface area contributed by atoms with E-state index in [2.05, 4.69) is 27.3 Å². The van der Waals surface area contributed by atoms with Gasteiger partial charge in [0.05, 0.1) is 11.6 Å². The number of nitrogens with zero attached hydrogens (tertiary/aromatic N) is 5. The van der Waals surface area contributed by atoms with Crippen LogP contribution < -0.4 is 5.32 Å². The summed E-state index contributed by atoms with van der Waals surface area (Å²) in [6.45, 7) is 5.48. The molecule has 7 nitrogen and oxygen atoms in total. The van der Waals surface area contributed by atoms with Gasteiger partial charge in [-0.2, -0.15) is 5.10 Å². The van der Waals surface area contributed by atoms with Crippen LogP contribution in [0.15, 0.2) is 6.20 Å². The van der Waals surface area contributed by atoms with Crippen molar-refractivity contribution < 1.29 is 4.79 Å². The Bertz CT molecular complexity index is 679. The minimum atomic E-state index is 0.129. The highest BCUT2D eigenvalue weighted by atomic mass is 16.2. The molecule has 0 aliphatic carbocycles. The molecule has 1 atom stereocenters. The molecule has 1 fully saturated rings. The Hall–Kier alpha value is -2.18. The number of carbonyl (C=O) groups is 1. The molecule has 1 aliphatic rings. The molecule has 3 heterocycles. The molecule has 3 rings (SSSR count). The monoisotopic (exact) mass is 288 g/mol. The van der Waals surface area contributed by atoms with Crippen LogP contribution in [0.3, 0.4) is 0 Å². The molecule has 2 aromatic heterocycles. The van der Waals surface area contributed by atoms with Crippen molar-refractivity contribution in [3.05, 3.63) is 12.0 Å². The minimum absolute atomic E-state index is 0.129. The van der Waals surface area contributed by atoms with E-state index in [1.165, 1.54) is 0 Å². The van der Waals surface area contributed by atoms with Crippen LogP contribution in [-0.4, -0.2) is 49.7 Å². The van der Waals surface area contributed by atoms with E-state index in [0.29, 0.717) is 18.8 Å². The van der Waals surface area contributed by atoms with Gasteiger partial charge in [0.15, 0.2) is 5.65 Å². The lowest BCUT2D eigenvalue weighted by Gasteiger charge is -2.22. The average Bonchev–Trinajstić information content (AvgIpc) is 2.98. The van der Waals surface area contributed by atoms with Crippen LogP contribution >= 0.6 is 0 Å². The van der Waals surface area contributed by atoms with Crippen molar-refractivity contribution in [2.45, 2.75) is 32.7 Å². The first-order valence-electron chi connectivity index (χ1n) is 7.25. The van der Waals surface area contributed by atoms with Gasteiger partial charge >= 0.3 is 0 Å². The molecule has 1 N–H and O–H groups in total. The van der Waals surface area contributed by atoms with Crippen LogP contribution in [0, 0.1) is 6.92 Å². The number of aryl methyl sites for hydroxylation is 2. The van der Waals surface area contributed by atoms with Crippen molar-refractivity contribution in [3.8, 4) is 0 Å². The van der Waals surface area contributed by atoms with E-state index >= 15 is 0 Å². The Morgan fingerprint density at radius 1 is 1.43 bits per heavy atom. The zero-order valence-corrected chi connectivity index (χ0v) is 12.6. The molecule has 1 aliphatic heterocycles. The summed E-state index contributed by atoms with van der Waals surface area (Å²) in [5.41, 5.74) is 0.814. The normalized spacial score (nSPS) is 16.7. The van der Waals surface area contributed by atoms with Crippen molar-refractivity contribution in [3.63, 3.8) is 0 Å². The number of carbonyl (C=O) groups excluding carboxylic acids is 1. The summed E-state index contributed by atoms with van der Waals surface area (Å²) in [6, 6.07) is 0.129. The summed E-state index contributed by atoms with van der Waals surface area (Å²) in [4.78, 5) is 22.5. The first-order chi connectivity index (χ1) is 10.0. The number of likely N-dealkylation sites (tertiary alicyclic amines) is 1. The molecule has 0 bridgehead atoms. The van der Waals surface area contributed by atoms with Crippen LogP contribution in [0.4, 0.5) is 5.82 Å². The lowest BCUT2D eigenvalue weighted by atomic mass is 10.3. The number of rotatable bonds is 4. The average molecular weight is 288 g/mol. The predicted octanol–water partition coefficient (Wildman–Crippen LogP) is 1.09. The molecular formula is C14H20N6O. The summed E-state index contributed by atoms with van der Waals surface area (Å²) in [5.74, 6) is 1.73. The van der Waals surface area contributed by atoms with E-state index in [1.54, 1.807) is 10.9 Å². The van der Waals surface area contributed by atoms with Crippen LogP contribution in [-0.2, 0) is 11.8 Å². The lowest BCUT2D eigenvalue weighted by Crippen LogP contribution is -2.35. The fraction of sp³-hybridized carbons (Fsp3) is 0.571. The van der Waals surface area contributed by atoms with Gasteiger partial charge in [0.25, 0.3) is 0 Å². The van der Waals surface area contributed by atoms with Gasteiger partial charge in [-0.15, -0.1) is 0 Å². The van der Waals surface area contributed by atoms with Gasteiger partial charge in [-0.1, -0.05) is 0 Å². The molecular weight excluding hydrogens is 268 g/mol. The van der Waals surface area contributed by atoms with Crippen molar-refractivity contribution in [1.82, 2.24) is 24.6 Å². The third-order valence-corrected chi connectivity index (χ3v) is 3.75. The van der Waals surface area contributed by atoms with Crippen LogP contribution in [0.1, 0.15) is 25.6 Å². The second-order valence-corrected chi connectivity index (χ2v) is 5.61. The maximum atomic E-state index is 11.7. The van der Waals surface area contributed by atoms with Gasteiger partial charge < -0.3 is 10.2 Å². The summed E-state index contributed by atoms with van der Waals surface area (Å²) in [7, 11) is 1.87. The van der Waals surface area contributed by atoms with E-state index < -0.39 is 0 Å². The zero-order valence-electron chi connectivity index (χ0n) is 12.6. The number of hydrogen-bond acceptors (Lipinski definition) is 5. The predicted molar refractivity (Wildman–Crippen MR) is 79.9 cm³/mol. The number of hydrogen-bond donors (Lipinski definition) is 1. The first-order valence-corrected chi connectivity index (χ1v) is 7.25. The van der Waals surface area contributed by atoms with E-state index in [0.717, 1.165) is 29.8 Å². The number of amides is 1. The molecule has 1 unspecified atom stereocenters. The van der Waals surface area contributed by atoms with Crippen molar-refractivity contribution in [2.75, 3.05) is 18.4 Å². The van der Waals surface area contributed by atoms with Crippen LogP contribution in [0.25, 0.3) is 11.0 Å². The molecule has 0 aromatic carbocycles. The van der Waals surface area contributed by atoms with Crippen molar-refractivity contribution in [2.24, 2.45) is 7.05 Å². The van der Waals surface area contributed by atoms with Gasteiger partial charge in [0.2, 0.25) is 5.91 Å². The highest BCUT2D eigenvalue weighted by Crippen LogP contribution is 2.20. The summed E-state index contributed by atoms with van der Waals surface area (Å²) >= 11 is 0. The number of anilines is 1. The highest BCUT2D eigenvalue weighted by Gasteiger charge is 2.22. The van der Waals surface area contributed by atoms with Crippen LogP contribution in [0.2, 0.25) is 0 Å². The Morgan fingerprint density at radius 3 is 2.95 bits per heavy atom. The van der Waals surface area contributed by atoms with Gasteiger partial charge in [0, 0.05) is 32.6 Å². The number of fused-ring (bicyclic) bond motifs is 1. The molecule has 0 spiro atoms. The Kier molecular flexibility index (Phi) is 3.48. The molecule has 1 amide bonds. The van der Waals surface area contributed by atoms with Crippen molar-refractivity contribution >= 4 is 22.8 Å². The second kappa shape index (κ2) is 5.31. The van der Waals surface area contributed by atoms with Gasteiger partial charge in [0.1, 0.15) is 11.6 Å². The smallest absolute Gasteiger partial charge is 0.222 e. The Balaban J connectivity index is 1.79. The van der Waals surface area contributed by atoms with Gasteiger partial charge in [-0.25, -0.2) is 9.97 Å². The molecule has 2 aromatic rings. The summed E-state index contributed by atoms with van der Waals surface area (Å²) < 4.78 is 1.74. The fourth-order valence-electron chi connectivity index (χ4n) is 2.75. The standard InChI is InChI=1S/C14H20N6O/c1-9(8-20-6-4-5-12(20)21)16-13-11-7-15-19(3)14(11)18-10(2)17-13/h7,9H,4-6,8H2,1-3H3,(H,16,17,18). The maximum Gasteiger partial charge on any atom is 0.222 e. The van der Waals surface area contributed by atoms with Gasteiger partial charge in [-0.3, -0.25) is 9.48 Å². The third-order valence-electron chi connectivity index (χ3n) is 3.75. The number of aromatic nitrogens is 4. The summed E-state index contributed by atoms with van der Waals surface area (Å²) in [5, 5.41) is 8.52. The molecule has 0 saturated carbocycles. The highest BCUT2D eigenvalue weighted by molar-refractivity contribution is 5.86. The Morgan fingerprint density at radius 2 is 2.24 bits per heavy atom. The lowest BCUT2D eigenvalue weighted by molar-refractivity contribution is -0.127. The Labute approximate surface area is 123 Å². The van der Waals surface area contributed by atoms with E-state index in [1.807, 2.05) is 18.9 Å². The molecule has 112 valence electrons. The van der Waals surface area contributed by atoms with E-state index in [-0.39, 0.29) is 11.9 Å². The second-order valence-electron chi connectivity index (χ2n) is 5.61. The minimum Gasteiger partial charge on any atom is -0.365 e. The largest absolute Gasteiger partial charge is 0.365 e. The quantitative estimate of drug-likeness (QED) is 0.911. The summed E-state index contributed by atoms with van der Waals surface area (Å²) in [6.07, 6.45) is 3.40. The van der Waals surface area contributed by atoms with E-state index in [4.69, 9.17) is 0 Å². The SMILES string of the molecule is Cc1nc(NC(C)CN2CCCC2=O)c2cnn(C)c2n1. The topological polar surface area (TPSA) is 75.9 Å². The number of nitrogens with one attached hydrogen (secondary N) is 1. The molecule has 7 heteroatoms. The third kappa shape index (κ3) is 2.68. The van der Waals surface area contributed by atoms with Crippen molar-refractivity contribution in [1.29, 1.82) is 0 Å². The van der Waals surface area contributed by atoms with Gasteiger partial charge in [-0.05, 0) is 20.3 Å². The molecule has 1 saturated heterocycles. The van der Waals surface area contributed by atoms with E-state index in [9.17, 15) is 4.79 Å². The maximum absolute atomic E-state index is 11.7. The van der Waals surface area contributed by atoms with Crippen LogP contribution in [0.5, 0.6) is 0 Å². The first kappa shape index (κ1) is 13.8. The zero-order chi connectivity index (χ0) is 15.0. The molecule has 21 heavy (non-hydrogen) atoms. The fourth-order valence-corrected chi connectivity index (χ4v) is 2.75.